The third-order valence-corrected chi connectivity index (χ3v) is 9.33. The summed E-state index contributed by atoms with van der Waals surface area (Å²) < 4.78 is 5.48. The number of benzene rings is 3. The first-order chi connectivity index (χ1) is 20.5. The molecule has 3 aliphatic rings. The quantitative estimate of drug-likeness (QED) is 0.323. The van der Waals surface area contributed by atoms with Crippen molar-refractivity contribution in [1.29, 1.82) is 0 Å². The number of rotatable bonds is 6. The molecule has 0 unspecified atom stereocenters. The number of ether oxygens (including phenoxy) is 1. The molecule has 0 radical (unpaired) electrons. The number of carbonyl (C=O) groups excluding carboxylic acids is 2. The molecule has 1 N–H and O–H groups in total. The van der Waals surface area contributed by atoms with Crippen LogP contribution in [0, 0.1) is 10.8 Å². The highest BCUT2D eigenvalue weighted by atomic mass is 16.5. The minimum absolute atomic E-state index is 0.0351. The summed E-state index contributed by atoms with van der Waals surface area (Å²) in [5.41, 5.74) is 6.27. The Labute approximate surface area is 254 Å². The van der Waals surface area contributed by atoms with Crippen LogP contribution in [0.5, 0.6) is 11.5 Å². The highest BCUT2D eigenvalue weighted by Crippen LogP contribution is 2.55. The second-order valence-electron chi connectivity index (χ2n) is 14.0. The average molecular weight is 576 g/mol. The van der Waals surface area contributed by atoms with Crippen LogP contribution in [0.4, 0.5) is 0 Å². The Kier molecular flexibility index (Phi) is 7.32. The van der Waals surface area contributed by atoms with Crippen LogP contribution in [0.2, 0.25) is 0 Å². The van der Waals surface area contributed by atoms with Crippen molar-refractivity contribution in [2.45, 2.75) is 65.2 Å². The molecule has 0 atom stereocenters. The molecule has 0 fully saturated rings. The zero-order chi connectivity index (χ0) is 30.5. The summed E-state index contributed by atoms with van der Waals surface area (Å²) in [6.07, 6.45) is 2.33. The normalized spacial score (nSPS) is 19.9. The minimum atomic E-state index is -0.491. The van der Waals surface area contributed by atoms with Crippen molar-refractivity contribution in [2.24, 2.45) is 10.8 Å². The van der Waals surface area contributed by atoms with E-state index in [-0.39, 0.29) is 34.1 Å². The number of carbonyl (C=O) groups is 2. The van der Waals surface area contributed by atoms with E-state index < -0.39 is 5.92 Å². The summed E-state index contributed by atoms with van der Waals surface area (Å²) in [4.78, 5) is 30.8. The van der Waals surface area contributed by atoms with Gasteiger partial charge < -0.3 is 14.7 Å². The van der Waals surface area contributed by atoms with E-state index in [0.29, 0.717) is 25.1 Å². The van der Waals surface area contributed by atoms with Crippen LogP contribution in [0.25, 0.3) is 0 Å². The number of aromatic hydroxyl groups is 1. The molecule has 5 nitrogen and oxygen atoms in total. The average Bonchev–Trinajstić information content (AvgIpc) is 2.96. The van der Waals surface area contributed by atoms with Gasteiger partial charge in [-0.15, -0.1) is 0 Å². The number of methoxy groups -OCH3 is 1. The SMILES string of the molecule is COc1cc(C2C3=C(CC(C)(C)CC3=O)N(CC(c3ccccc3)c3ccccc3)C3=C2C(=O)CC(C)(C)C3)ccc1O. The van der Waals surface area contributed by atoms with E-state index in [1.54, 1.807) is 12.1 Å². The van der Waals surface area contributed by atoms with Crippen LogP contribution in [-0.2, 0) is 9.59 Å². The van der Waals surface area contributed by atoms with Crippen LogP contribution in [0.15, 0.2) is 101 Å². The van der Waals surface area contributed by atoms with E-state index >= 15 is 0 Å². The van der Waals surface area contributed by atoms with Crippen LogP contribution in [0.1, 0.15) is 81.9 Å². The molecule has 6 rings (SSSR count). The fraction of sp³-hybridized carbons (Fsp3) is 0.368. The smallest absolute Gasteiger partial charge is 0.162 e. The van der Waals surface area contributed by atoms with Gasteiger partial charge in [0.15, 0.2) is 23.1 Å². The molecule has 3 aromatic carbocycles. The van der Waals surface area contributed by atoms with E-state index in [9.17, 15) is 14.7 Å². The fourth-order valence-corrected chi connectivity index (χ4v) is 7.43. The molecule has 0 bridgehead atoms. The molecular weight excluding hydrogens is 534 g/mol. The van der Waals surface area contributed by atoms with Gasteiger partial charge in [-0.2, -0.15) is 0 Å². The van der Waals surface area contributed by atoms with Gasteiger partial charge >= 0.3 is 0 Å². The Balaban J connectivity index is 1.60. The first kappa shape index (κ1) is 29.0. The van der Waals surface area contributed by atoms with Crippen molar-refractivity contribution >= 4 is 11.6 Å². The summed E-state index contributed by atoms with van der Waals surface area (Å²) in [6, 6.07) is 26.3. The standard InChI is InChI=1S/C38H41NO4/c1-37(2)19-28-35(31(41)21-37)34(26-16-17-30(40)33(18-26)43-5)36-29(20-38(3,4)22-32(36)42)39(28)23-27(24-12-8-6-9-13-24)25-14-10-7-11-15-25/h6-18,27,34,40H,19-23H2,1-5H3. The van der Waals surface area contributed by atoms with Gasteiger partial charge in [0.2, 0.25) is 0 Å². The maximum atomic E-state index is 14.2. The molecule has 0 saturated heterocycles. The van der Waals surface area contributed by atoms with Crippen molar-refractivity contribution < 1.29 is 19.4 Å². The van der Waals surface area contributed by atoms with Gasteiger partial charge in [0.05, 0.1) is 7.11 Å². The molecule has 3 aromatic rings. The third-order valence-electron chi connectivity index (χ3n) is 9.33. The molecule has 1 heterocycles. The van der Waals surface area contributed by atoms with Gasteiger partial charge in [0, 0.05) is 53.8 Å². The lowest BCUT2D eigenvalue weighted by atomic mass is 9.63. The van der Waals surface area contributed by atoms with E-state index in [2.05, 4.69) is 81.1 Å². The van der Waals surface area contributed by atoms with Gasteiger partial charge in [-0.3, -0.25) is 9.59 Å². The zero-order valence-corrected chi connectivity index (χ0v) is 25.8. The van der Waals surface area contributed by atoms with Crippen molar-refractivity contribution in [1.82, 2.24) is 4.90 Å². The molecule has 0 spiro atoms. The second-order valence-corrected chi connectivity index (χ2v) is 14.0. The van der Waals surface area contributed by atoms with Crippen molar-refractivity contribution in [3.05, 3.63) is 118 Å². The number of phenols is 1. The van der Waals surface area contributed by atoms with E-state index in [4.69, 9.17) is 4.74 Å². The molecular formula is C38H41NO4. The van der Waals surface area contributed by atoms with Crippen LogP contribution >= 0.6 is 0 Å². The Bertz CT molecular complexity index is 1540. The second kappa shape index (κ2) is 10.9. The summed E-state index contributed by atoms with van der Waals surface area (Å²) in [5, 5.41) is 10.4. The highest BCUT2D eigenvalue weighted by Gasteiger charge is 2.49. The van der Waals surface area contributed by atoms with E-state index in [0.717, 1.165) is 40.9 Å². The zero-order valence-electron chi connectivity index (χ0n) is 25.8. The van der Waals surface area contributed by atoms with Crippen LogP contribution < -0.4 is 4.74 Å². The number of phenolic OH excluding ortho intramolecular Hbond substituents is 1. The number of ketones is 2. The highest BCUT2D eigenvalue weighted by molar-refractivity contribution is 6.06. The first-order valence-corrected chi connectivity index (χ1v) is 15.2. The summed E-state index contributed by atoms with van der Waals surface area (Å²) in [6.45, 7) is 9.28. The number of nitrogens with zero attached hydrogens (tertiary/aromatic N) is 1. The monoisotopic (exact) mass is 575 g/mol. The Morgan fingerprint density at radius 3 is 1.72 bits per heavy atom. The molecule has 1 aliphatic heterocycles. The van der Waals surface area contributed by atoms with Gasteiger partial charge in [-0.1, -0.05) is 94.4 Å². The van der Waals surface area contributed by atoms with Crippen molar-refractivity contribution in [3.63, 3.8) is 0 Å². The molecule has 0 aromatic heterocycles. The fourth-order valence-electron chi connectivity index (χ4n) is 7.43. The van der Waals surface area contributed by atoms with Gasteiger partial charge in [-0.25, -0.2) is 0 Å². The Morgan fingerprint density at radius 1 is 0.767 bits per heavy atom. The van der Waals surface area contributed by atoms with Gasteiger partial charge in [0.25, 0.3) is 0 Å². The summed E-state index contributed by atoms with van der Waals surface area (Å²) >= 11 is 0. The molecule has 222 valence electrons. The number of allylic oxidation sites excluding steroid dienone is 4. The largest absolute Gasteiger partial charge is 0.504 e. The number of hydrogen-bond acceptors (Lipinski definition) is 5. The van der Waals surface area contributed by atoms with Crippen LogP contribution in [0.3, 0.4) is 0 Å². The topological polar surface area (TPSA) is 66.8 Å². The first-order valence-electron chi connectivity index (χ1n) is 15.2. The maximum absolute atomic E-state index is 14.2. The van der Waals surface area contributed by atoms with Gasteiger partial charge in [0.1, 0.15) is 0 Å². The third kappa shape index (κ3) is 5.42. The van der Waals surface area contributed by atoms with Crippen molar-refractivity contribution in [2.75, 3.05) is 13.7 Å². The lowest BCUT2D eigenvalue weighted by Gasteiger charge is -2.50. The summed E-state index contributed by atoms with van der Waals surface area (Å²) in [7, 11) is 1.52. The maximum Gasteiger partial charge on any atom is 0.162 e. The Morgan fingerprint density at radius 2 is 1.26 bits per heavy atom. The molecule has 5 heteroatoms. The van der Waals surface area contributed by atoms with Gasteiger partial charge in [-0.05, 0) is 52.5 Å². The van der Waals surface area contributed by atoms with Crippen LogP contribution in [-0.4, -0.2) is 35.2 Å². The van der Waals surface area contributed by atoms with E-state index in [1.165, 1.54) is 18.2 Å². The number of hydrogen-bond donors (Lipinski definition) is 1. The lowest BCUT2D eigenvalue weighted by Crippen LogP contribution is -2.45. The molecule has 2 aliphatic carbocycles. The van der Waals surface area contributed by atoms with Crippen molar-refractivity contribution in [3.8, 4) is 11.5 Å². The predicted octanol–water partition coefficient (Wildman–Crippen LogP) is 7.92. The summed E-state index contributed by atoms with van der Waals surface area (Å²) in [5.74, 6) is 0.102. The lowest BCUT2D eigenvalue weighted by molar-refractivity contribution is -0.119. The molecule has 0 saturated carbocycles. The molecule has 0 amide bonds. The minimum Gasteiger partial charge on any atom is -0.504 e. The Hall–Kier alpha value is -4.12. The molecule has 43 heavy (non-hydrogen) atoms. The predicted molar refractivity (Wildman–Crippen MR) is 169 cm³/mol. The number of Topliss-reactive ketones (excluding diaryl/α,β-unsaturated/α-hetero) is 2. The van der Waals surface area contributed by atoms with E-state index in [1.807, 2.05) is 18.2 Å².